The zero-order chi connectivity index (χ0) is 13.7. The fourth-order valence-corrected chi connectivity index (χ4v) is 2.51. The molecule has 2 N–H and O–H groups in total. The first kappa shape index (κ1) is 14.1. The number of nitrogens with zero attached hydrogens (tertiary/aromatic N) is 2. The normalized spacial score (nSPS) is 12.6. The maximum absolute atomic E-state index is 6.25. The molecule has 0 spiro atoms. The van der Waals surface area contributed by atoms with Gasteiger partial charge in [0.05, 0.1) is 16.9 Å². The van der Waals surface area contributed by atoms with Crippen LogP contribution in [-0.2, 0) is 13.0 Å². The second-order valence-electron chi connectivity index (χ2n) is 4.71. The van der Waals surface area contributed by atoms with Crippen molar-refractivity contribution in [2.45, 2.75) is 32.2 Å². The summed E-state index contributed by atoms with van der Waals surface area (Å²) < 4.78 is 1.99. The van der Waals surface area contributed by atoms with Gasteiger partial charge in [-0.2, -0.15) is 5.10 Å². The Balaban J connectivity index is 2.21. The predicted octanol–water partition coefficient (Wildman–Crippen LogP) is 3.23. The Kier molecular flexibility index (Phi) is 5.00. The molecule has 3 nitrogen and oxygen atoms in total. The number of halogens is 1. The Morgan fingerprint density at radius 1 is 1.32 bits per heavy atom. The average molecular weight is 278 g/mol. The van der Waals surface area contributed by atoms with E-state index in [2.05, 4.69) is 24.2 Å². The van der Waals surface area contributed by atoms with Crippen LogP contribution in [0.25, 0.3) is 0 Å². The Morgan fingerprint density at radius 3 is 2.68 bits per heavy atom. The summed E-state index contributed by atoms with van der Waals surface area (Å²) in [6.07, 6.45) is 3.61. The van der Waals surface area contributed by atoms with Gasteiger partial charge in [-0.15, -0.1) is 0 Å². The van der Waals surface area contributed by atoms with E-state index in [0.29, 0.717) is 6.54 Å². The smallest absolute Gasteiger partial charge is 0.0818 e. The highest BCUT2D eigenvalue weighted by atomic mass is 35.5. The molecule has 1 heterocycles. The minimum absolute atomic E-state index is 0.283. The monoisotopic (exact) mass is 277 g/mol. The maximum atomic E-state index is 6.25. The molecule has 0 saturated carbocycles. The molecular formula is C15H20ClN3. The third-order valence-electron chi connectivity index (χ3n) is 3.33. The van der Waals surface area contributed by atoms with E-state index in [-0.39, 0.29) is 5.92 Å². The highest BCUT2D eigenvalue weighted by molar-refractivity contribution is 6.31. The Labute approximate surface area is 119 Å². The summed E-state index contributed by atoms with van der Waals surface area (Å²) in [7, 11) is 0. The van der Waals surface area contributed by atoms with Gasteiger partial charge in [0.25, 0.3) is 0 Å². The number of rotatable bonds is 6. The van der Waals surface area contributed by atoms with Gasteiger partial charge in [0, 0.05) is 12.5 Å². The summed E-state index contributed by atoms with van der Waals surface area (Å²) in [4.78, 5) is 0. The molecule has 2 aromatic rings. The molecule has 0 bridgehead atoms. The second kappa shape index (κ2) is 6.73. The third-order valence-corrected chi connectivity index (χ3v) is 3.64. The molecule has 0 fully saturated rings. The van der Waals surface area contributed by atoms with Gasteiger partial charge in [0.2, 0.25) is 0 Å². The first-order valence-corrected chi connectivity index (χ1v) is 7.09. The van der Waals surface area contributed by atoms with E-state index < -0.39 is 0 Å². The van der Waals surface area contributed by atoms with Crippen LogP contribution in [0, 0.1) is 0 Å². The lowest BCUT2D eigenvalue weighted by Gasteiger charge is -2.16. The number of hydrogen-bond acceptors (Lipinski definition) is 2. The highest BCUT2D eigenvalue weighted by Crippen LogP contribution is 2.24. The van der Waals surface area contributed by atoms with Crippen LogP contribution in [0.15, 0.2) is 36.5 Å². The predicted molar refractivity (Wildman–Crippen MR) is 79.5 cm³/mol. The molecule has 1 unspecified atom stereocenters. The van der Waals surface area contributed by atoms with Gasteiger partial charge in [0.15, 0.2) is 0 Å². The summed E-state index contributed by atoms with van der Waals surface area (Å²) in [5, 5.41) is 5.07. The molecular weight excluding hydrogens is 258 g/mol. The number of hydrogen-bond donors (Lipinski definition) is 1. The standard InChI is InChI=1S/C15H20ClN3/c1-2-8-19-15(14(16)11-18-19)9-13(10-17)12-6-4-3-5-7-12/h3-7,11,13H,2,8-10,17H2,1H3. The molecule has 0 radical (unpaired) electrons. The van der Waals surface area contributed by atoms with Crippen molar-refractivity contribution in [2.75, 3.05) is 6.54 Å². The number of aryl methyl sites for hydroxylation is 1. The van der Waals surface area contributed by atoms with Crippen LogP contribution < -0.4 is 5.73 Å². The topological polar surface area (TPSA) is 43.8 Å². The van der Waals surface area contributed by atoms with Gasteiger partial charge >= 0.3 is 0 Å². The van der Waals surface area contributed by atoms with Crippen molar-refractivity contribution in [3.63, 3.8) is 0 Å². The van der Waals surface area contributed by atoms with E-state index in [1.165, 1.54) is 5.56 Å². The Morgan fingerprint density at radius 2 is 2.05 bits per heavy atom. The molecule has 0 aliphatic heterocycles. The lowest BCUT2D eigenvalue weighted by atomic mass is 9.94. The van der Waals surface area contributed by atoms with Crippen LogP contribution in [0.3, 0.4) is 0 Å². The first-order valence-electron chi connectivity index (χ1n) is 6.71. The van der Waals surface area contributed by atoms with Crippen molar-refractivity contribution >= 4 is 11.6 Å². The largest absolute Gasteiger partial charge is 0.330 e. The summed E-state index contributed by atoms with van der Waals surface area (Å²) in [6, 6.07) is 10.3. The number of benzene rings is 1. The fraction of sp³-hybridized carbons (Fsp3) is 0.400. The van der Waals surface area contributed by atoms with Crippen molar-refractivity contribution < 1.29 is 0 Å². The molecule has 102 valence electrons. The summed E-state index contributed by atoms with van der Waals surface area (Å²) in [5.74, 6) is 0.283. The van der Waals surface area contributed by atoms with Crippen LogP contribution in [0.2, 0.25) is 5.02 Å². The molecule has 1 atom stereocenters. The Hall–Kier alpha value is -1.32. The van der Waals surface area contributed by atoms with Gasteiger partial charge < -0.3 is 5.73 Å². The molecule has 4 heteroatoms. The molecule has 0 aliphatic carbocycles. The quantitative estimate of drug-likeness (QED) is 0.881. The minimum atomic E-state index is 0.283. The summed E-state index contributed by atoms with van der Waals surface area (Å²) >= 11 is 6.25. The van der Waals surface area contributed by atoms with Crippen LogP contribution in [0.4, 0.5) is 0 Å². The zero-order valence-corrected chi connectivity index (χ0v) is 12.0. The zero-order valence-electron chi connectivity index (χ0n) is 11.2. The van der Waals surface area contributed by atoms with Crippen molar-refractivity contribution in [1.29, 1.82) is 0 Å². The van der Waals surface area contributed by atoms with Crippen LogP contribution in [-0.4, -0.2) is 16.3 Å². The molecule has 1 aromatic carbocycles. The van der Waals surface area contributed by atoms with E-state index >= 15 is 0 Å². The highest BCUT2D eigenvalue weighted by Gasteiger charge is 2.16. The number of nitrogens with two attached hydrogens (primary N) is 1. The fourth-order valence-electron chi connectivity index (χ4n) is 2.29. The maximum Gasteiger partial charge on any atom is 0.0818 e. The lowest BCUT2D eigenvalue weighted by molar-refractivity contribution is 0.552. The summed E-state index contributed by atoms with van der Waals surface area (Å²) in [5.41, 5.74) is 8.26. The molecule has 19 heavy (non-hydrogen) atoms. The van der Waals surface area contributed by atoms with Gasteiger partial charge in [0.1, 0.15) is 0 Å². The van der Waals surface area contributed by atoms with Crippen LogP contribution >= 0.6 is 11.6 Å². The lowest BCUT2D eigenvalue weighted by Crippen LogP contribution is -2.17. The van der Waals surface area contributed by atoms with Gasteiger partial charge in [-0.25, -0.2) is 0 Å². The van der Waals surface area contributed by atoms with Gasteiger partial charge in [-0.05, 0) is 24.9 Å². The van der Waals surface area contributed by atoms with Crippen LogP contribution in [0.1, 0.15) is 30.5 Å². The van der Waals surface area contributed by atoms with Crippen molar-refractivity contribution in [2.24, 2.45) is 5.73 Å². The SMILES string of the molecule is CCCn1ncc(Cl)c1CC(CN)c1ccccc1. The van der Waals surface area contributed by atoms with E-state index in [4.69, 9.17) is 17.3 Å². The number of aromatic nitrogens is 2. The average Bonchev–Trinajstić information content (AvgIpc) is 2.78. The van der Waals surface area contributed by atoms with E-state index in [1.54, 1.807) is 6.20 Å². The first-order chi connectivity index (χ1) is 9.26. The summed E-state index contributed by atoms with van der Waals surface area (Å²) in [6.45, 7) is 3.64. The van der Waals surface area contributed by atoms with E-state index in [9.17, 15) is 0 Å². The van der Waals surface area contributed by atoms with Crippen molar-refractivity contribution in [3.05, 3.63) is 52.8 Å². The minimum Gasteiger partial charge on any atom is -0.330 e. The molecule has 1 aromatic heterocycles. The van der Waals surface area contributed by atoms with Gasteiger partial charge in [-0.1, -0.05) is 48.9 Å². The van der Waals surface area contributed by atoms with Crippen molar-refractivity contribution in [3.8, 4) is 0 Å². The Bertz CT molecular complexity index is 507. The van der Waals surface area contributed by atoms with Crippen molar-refractivity contribution in [1.82, 2.24) is 9.78 Å². The molecule has 2 rings (SSSR count). The molecule has 0 saturated heterocycles. The molecule has 0 amide bonds. The van der Waals surface area contributed by atoms with Crippen LogP contribution in [0.5, 0.6) is 0 Å². The third kappa shape index (κ3) is 3.37. The molecule has 0 aliphatic rings. The second-order valence-corrected chi connectivity index (χ2v) is 5.12. The van der Waals surface area contributed by atoms with E-state index in [1.807, 2.05) is 22.9 Å². The van der Waals surface area contributed by atoms with Gasteiger partial charge in [-0.3, -0.25) is 4.68 Å². The van der Waals surface area contributed by atoms with E-state index in [0.717, 1.165) is 30.1 Å².